The van der Waals surface area contributed by atoms with Crippen molar-refractivity contribution in [3.05, 3.63) is 77.0 Å². The number of hydrogen-bond acceptors (Lipinski definition) is 4. The molecule has 0 aliphatic carbocycles. The van der Waals surface area contributed by atoms with Crippen LogP contribution in [0.4, 0.5) is 21.6 Å². The van der Waals surface area contributed by atoms with Crippen LogP contribution in [0.2, 0.25) is 0 Å². The molecule has 0 spiro atoms. The smallest absolute Gasteiger partial charge is 0.274 e. The van der Waals surface area contributed by atoms with Gasteiger partial charge in [-0.2, -0.15) is 0 Å². The second-order valence-electron chi connectivity index (χ2n) is 6.07. The average Bonchev–Trinajstić information content (AvgIpc) is 2.57. The maximum absolute atomic E-state index is 13.3. The van der Waals surface area contributed by atoms with Gasteiger partial charge in [0.25, 0.3) is 5.91 Å². The third-order valence-corrected chi connectivity index (χ3v) is 3.93. The Balaban J connectivity index is 1.82. The Hall–Kier alpha value is -3.28. The molecule has 3 rings (SSSR count). The lowest BCUT2D eigenvalue weighted by Crippen LogP contribution is -2.15. The second kappa shape index (κ2) is 7.31. The summed E-state index contributed by atoms with van der Waals surface area (Å²) in [7, 11) is 0. The molecule has 1 aromatic heterocycles. The van der Waals surface area contributed by atoms with Crippen LogP contribution in [0.25, 0.3) is 0 Å². The fraction of sp³-hybridized carbons (Fsp3) is 0.150. The van der Waals surface area contributed by atoms with E-state index in [0.717, 1.165) is 11.1 Å². The number of nitrogens with zero attached hydrogens (tertiary/aromatic N) is 2. The highest BCUT2D eigenvalue weighted by Crippen LogP contribution is 2.18. The van der Waals surface area contributed by atoms with E-state index in [1.807, 2.05) is 32.0 Å². The van der Waals surface area contributed by atoms with Gasteiger partial charge in [0.05, 0.1) is 0 Å². The zero-order valence-electron chi connectivity index (χ0n) is 14.8. The molecule has 0 aliphatic rings. The highest BCUT2D eigenvalue weighted by Gasteiger charge is 2.12. The Labute approximate surface area is 151 Å². The molecule has 0 bridgehead atoms. The van der Waals surface area contributed by atoms with Crippen molar-refractivity contribution in [3.63, 3.8) is 0 Å². The minimum atomic E-state index is -0.353. The third-order valence-electron chi connectivity index (χ3n) is 3.93. The average molecular weight is 350 g/mol. The summed E-state index contributed by atoms with van der Waals surface area (Å²) in [5.74, 6) is 0.180. The first-order chi connectivity index (χ1) is 12.4. The van der Waals surface area contributed by atoms with Crippen LogP contribution in [-0.4, -0.2) is 15.9 Å². The zero-order valence-corrected chi connectivity index (χ0v) is 14.8. The fourth-order valence-corrected chi connectivity index (χ4v) is 2.48. The molecule has 6 heteroatoms. The summed E-state index contributed by atoms with van der Waals surface area (Å²) in [6, 6.07) is 13.3. The highest BCUT2D eigenvalue weighted by atomic mass is 19.1. The van der Waals surface area contributed by atoms with E-state index in [1.54, 1.807) is 19.1 Å². The summed E-state index contributed by atoms with van der Waals surface area (Å²) in [6.07, 6.45) is 0. The SMILES string of the molecule is Cc1nc(Nc2cccc(F)c2)cc(C(=O)Nc2ccc(C)c(C)c2)n1. The van der Waals surface area contributed by atoms with Gasteiger partial charge in [0.1, 0.15) is 23.2 Å². The number of aromatic nitrogens is 2. The molecule has 1 amide bonds. The van der Waals surface area contributed by atoms with Crippen molar-refractivity contribution < 1.29 is 9.18 Å². The lowest BCUT2D eigenvalue weighted by atomic mass is 10.1. The van der Waals surface area contributed by atoms with Crippen molar-refractivity contribution in [1.29, 1.82) is 0 Å². The Morgan fingerprint density at radius 2 is 1.73 bits per heavy atom. The van der Waals surface area contributed by atoms with E-state index in [4.69, 9.17) is 0 Å². The zero-order chi connectivity index (χ0) is 18.7. The van der Waals surface area contributed by atoms with Crippen LogP contribution in [0.15, 0.2) is 48.5 Å². The van der Waals surface area contributed by atoms with Crippen LogP contribution in [0, 0.1) is 26.6 Å². The monoisotopic (exact) mass is 350 g/mol. The third kappa shape index (κ3) is 4.22. The van der Waals surface area contributed by atoms with E-state index < -0.39 is 0 Å². The Bertz CT molecular complexity index is 972. The summed E-state index contributed by atoms with van der Waals surface area (Å²) in [5.41, 5.74) is 3.73. The molecular formula is C20H19FN4O. The molecule has 0 aliphatic heterocycles. The predicted octanol–water partition coefficient (Wildman–Crippen LogP) is 4.54. The number of carbonyl (C=O) groups excluding carboxylic acids is 1. The van der Waals surface area contributed by atoms with Gasteiger partial charge in [-0.1, -0.05) is 12.1 Å². The molecule has 26 heavy (non-hydrogen) atoms. The molecule has 132 valence electrons. The van der Waals surface area contributed by atoms with E-state index in [9.17, 15) is 9.18 Å². The topological polar surface area (TPSA) is 66.9 Å². The quantitative estimate of drug-likeness (QED) is 0.725. The number of nitrogens with one attached hydrogen (secondary N) is 2. The molecule has 3 aromatic rings. The lowest BCUT2D eigenvalue weighted by Gasteiger charge is -2.10. The number of halogens is 1. The van der Waals surface area contributed by atoms with Crippen LogP contribution >= 0.6 is 0 Å². The summed E-state index contributed by atoms with van der Waals surface area (Å²) >= 11 is 0. The van der Waals surface area contributed by atoms with Crippen molar-refractivity contribution in [2.45, 2.75) is 20.8 Å². The first-order valence-corrected chi connectivity index (χ1v) is 8.17. The van der Waals surface area contributed by atoms with Gasteiger partial charge in [-0.3, -0.25) is 4.79 Å². The van der Waals surface area contributed by atoms with Gasteiger partial charge in [0.2, 0.25) is 0 Å². The van der Waals surface area contributed by atoms with Crippen LogP contribution in [0.1, 0.15) is 27.4 Å². The number of benzene rings is 2. The van der Waals surface area contributed by atoms with Crippen molar-refractivity contribution >= 4 is 23.1 Å². The van der Waals surface area contributed by atoms with Crippen molar-refractivity contribution in [2.24, 2.45) is 0 Å². The number of carbonyl (C=O) groups is 1. The number of anilines is 3. The van der Waals surface area contributed by atoms with Crippen LogP contribution in [0.5, 0.6) is 0 Å². The summed E-state index contributed by atoms with van der Waals surface area (Å²) in [6.45, 7) is 5.70. The van der Waals surface area contributed by atoms with Gasteiger partial charge in [0.15, 0.2) is 0 Å². The van der Waals surface area contributed by atoms with Crippen LogP contribution < -0.4 is 10.6 Å². The largest absolute Gasteiger partial charge is 0.340 e. The van der Waals surface area contributed by atoms with E-state index in [1.165, 1.54) is 18.2 Å². The van der Waals surface area contributed by atoms with Crippen LogP contribution in [0.3, 0.4) is 0 Å². The van der Waals surface area contributed by atoms with Crippen molar-refractivity contribution in [1.82, 2.24) is 9.97 Å². The van der Waals surface area contributed by atoms with E-state index in [0.29, 0.717) is 23.0 Å². The van der Waals surface area contributed by atoms with Crippen molar-refractivity contribution in [3.8, 4) is 0 Å². The molecule has 0 unspecified atom stereocenters. The number of rotatable bonds is 4. The molecule has 0 atom stereocenters. The number of aryl methyl sites for hydroxylation is 3. The lowest BCUT2D eigenvalue weighted by molar-refractivity contribution is 0.102. The first kappa shape index (κ1) is 17.5. The normalized spacial score (nSPS) is 10.5. The van der Waals surface area contributed by atoms with Gasteiger partial charge in [0, 0.05) is 17.4 Å². The Kier molecular flexibility index (Phi) is 4.93. The van der Waals surface area contributed by atoms with Crippen LogP contribution in [-0.2, 0) is 0 Å². The van der Waals surface area contributed by atoms with Gasteiger partial charge in [-0.05, 0) is 62.2 Å². The second-order valence-corrected chi connectivity index (χ2v) is 6.07. The standard InChI is InChI=1S/C20H19FN4O/c1-12-7-8-17(9-13(12)2)25-20(26)18-11-19(23-14(3)22-18)24-16-6-4-5-15(21)10-16/h4-11H,1-3H3,(H,25,26)(H,22,23,24). The molecule has 1 heterocycles. The van der Waals surface area contributed by atoms with Gasteiger partial charge >= 0.3 is 0 Å². The molecular weight excluding hydrogens is 331 g/mol. The maximum atomic E-state index is 13.3. The molecule has 0 radical (unpaired) electrons. The predicted molar refractivity (Wildman–Crippen MR) is 100 cm³/mol. The molecule has 5 nitrogen and oxygen atoms in total. The maximum Gasteiger partial charge on any atom is 0.274 e. The van der Waals surface area contributed by atoms with E-state index >= 15 is 0 Å². The van der Waals surface area contributed by atoms with Crippen molar-refractivity contribution in [2.75, 3.05) is 10.6 Å². The molecule has 0 fully saturated rings. The number of amides is 1. The molecule has 2 aromatic carbocycles. The first-order valence-electron chi connectivity index (χ1n) is 8.17. The molecule has 2 N–H and O–H groups in total. The minimum absolute atomic E-state index is 0.231. The summed E-state index contributed by atoms with van der Waals surface area (Å²) in [4.78, 5) is 21.0. The molecule has 0 saturated heterocycles. The fourth-order valence-electron chi connectivity index (χ4n) is 2.48. The highest BCUT2D eigenvalue weighted by molar-refractivity contribution is 6.03. The Morgan fingerprint density at radius 1 is 0.923 bits per heavy atom. The van der Waals surface area contributed by atoms with E-state index in [-0.39, 0.29) is 17.4 Å². The number of hydrogen-bond donors (Lipinski definition) is 2. The Morgan fingerprint density at radius 3 is 2.46 bits per heavy atom. The summed E-state index contributed by atoms with van der Waals surface area (Å²) in [5, 5.41) is 5.83. The van der Waals surface area contributed by atoms with Gasteiger partial charge in [-0.15, -0.1) is 0 Å². The minimum Gasteiger partial charge on any atom is -0.340 e. The van der Waals surface area contributed by atoms with Gasteiger partial charge in [-0.25, -0.2) is 14.4 Å². The van der Waals surface area contributed by atoms with Gasteiger partial charge < -0.3 is 10.6 Å². The molecule has 0 saturated carbocycles. The summed E-state index contributed by atoms with van der Waals surface area (Å²) < 4.78 is 13.3. The van der Waals surface area contributed by atoms with E-state index in [2.05, 4.69) is 20.6 Å².